The molecule has 2 aliphatic rings. The fourth-order valence-electron chi connectivity index (χ4n) is 4.29. The Morgan fingerprint density at radius 1 is 1.20 bits per heavy atom. The van der Waals surface area contributed by atoms with Gasteiger partial charge in [0.1, 0.15) is 0 Å². The largest absolute Gasteiger partial charge is 0.381 e. The molecule has 0 aromatic heterocycles. The van der Waals surface area contributed by atoms with Gasteiger partial charge in [-0.1, -0.05) is 36.2 Å². The quantitative estimate of drug-likeness (QED) is 0.831. The van der Waals surface area contributed by atoms with Crippen LogP contribution < -0.4 is 0 Å². The summed E-state index contributed by atoms with van der Waals surface area (Å²) in [4.78, 5) is 2.64. The van der Waals surface area contributed by atoms with E-state index in [1.165, 1.54) is 56.3 Å². The molecule has 1 saturated heterocycles. The second kappa shape index (κ2) is 5.87. The highest BCUT2D eigenvalue weighted by Crippen LogP contribution is 2.46. The molecule has 110 valence electrons. The first-order valence-electron chi connectivity index (χ1n) is 8.03. The Hall–Kier alpha value is -0.860. The van der Waals surface area contributed by atoms with Gasteiger partial charge in [0.15, 0.2) is 0 Å². The molecule has 2 fully saturated rings. The maximum atomic E-state index is 5.79. The number of hydrogen-bond donors (Lipinski definition) is 0. The minimum absolute atomic E-state index is 0.442. The summed E-state index contributed by atoms with van der Waals surface area (Å²) in [5, 5.41) is 0. The van der Waals surface area contributed by atoms with Crippen LogP contribution in [0.25, 0.3) is 0 Å². The van der Waals surface area contributed by atoms with Gasteiger partial charge in [0, 0.05) is 25.6 Å². The average molecular weight is 273 g/mol. The van der Waals surface area contributed by atoms with Gasteiger partial charge in [-0.15, -0.1) is 0 Å². The first-order valence-corrected chi connectivity index (χ1v) is 8.03. The predicted octanol–water partition coefficient (Wildman–Crippen LogP) is 3.78. The molecule has 1 aromatic carbocycles. The summed E-state index contributed by atoms with van der Waals surface area (Å²) in [7, 11) is 1.90. The second-order valence-electron chi connectivity index (χ2n) is 6.78. The van der Waals surface area contributed by atoms with Gasteiger partial charge in [-0.25, -0.2) is 0 Å². The number of hydrogen-bond acceptors (Lipinski definition) is 2. The fraction of sp³-hybridized carbons (Fsp3) is 0.667. The second-order valence-corrected chi connectivity index (χ2v) is 6.78. The first-order chi connectivity index (χ1) is 9.72. The van der Waals surface area contributed by atoms with Crippen LogP contribution in [0, 0.1) is 12.3 Å². The van der Waals surface area contributed by atoms with Crippen LogP contribution in [0.15, 0.2) is 24.3 Å². The third-order valence-electron chi connectivity index (χ3n) is 5.32. The van der Waals surface area contributed by atoms with Gasteiger partial charge >= 0.3 is 0 Å². The third kappa shape index (κ3) is 2.77. The van der Waals surface area contributed by atoms with Crippen LogP contribution in [-0.2, 0) is 11.3 Å². The molecular formula is C18H27NO. The van der Waals surface area contributed by atoms with Gasteiger partial charge < -0.3 is 4.74 Å². The van der Waals surface area contributed by atoms with E-state index in [0.29, 0.717) is 11.5 Å². The van der Waals surface area contributed by atoms with Gasteiger partial charge in [0.05, 0.1) is 6.10 Å². The molecule has 0 N–H and O–H groups in total. The SMILES string of the molecule is CO[C@@H]1CCC[C@@]12CCCN(Cc1ccc(C)cc1)C2. The number of ether oxygens (including phenoxy) is 1. The van der Waals surface area contributed by atoms with Crippen molar-refractivity contribution < 1.29 is 4.74 Å². The number of piperidine rings is 1. The van der Waals surface area contributed by atoms with Crippen LogP contribution in [0.2, 0.25) is 0 Å². The molecular weight excluding hydrogens is 246 g/mol. The van der Waals surface area contributed by atoms with Crippen LogP contribution in [0.5, 0.6) is 0 Å². The Labute approximate surface area is 123 Å². The number of benzene rings is 1. The highest BCUT2D eigenvalue weighted by molar-refractivity contribution is 5.21. The maximum Gasteiger partial charge on any atom is 0.0639 e. The van der Waals surface area contributed by atoms with Crippen LogP contribution in [0.3, 0.4) is 0 Å². The lowest BCUT2D eigenvalue weighted by Gasteiger charge is -2.43. The molecule has 1 aliphatic carbocycles. The van der Waals surface area contributed by atoms with Crippen LogP contribution in [0.1, 0.15) is 43.2 Å². The fourth-order valence-corrected chi connectivity index (χ4v) is 4.29. The molecule has 0 amide bonds. The van der Waals surface area contributed by atoms with Crippen molar-refractivity contribution in [2.75, 3.05) is 20.2 Å². The molecule has 1 spiro atoms. The summed E-state index contributed by atoms with van der Waals surface area (Å²) < 4.78 is 5.79. The Morgan fingerprint density at radius 3 is 2.70 bits per heavy atom. The highest BCUT2D eigenvalue weighted by atomic mass is 16.5. The minimum atomic E-state index is 0.442. The molecule has 0 unspecified atom stereocenters. The number of rotatable bonds is 3. The van der Waals surface area contributed by atoms with E-state index < -0.39 is 0 Å². The van der Waals surface area contributed by atoms with Crippen molar-refractivity contribution in [1.82, 2.24) is 4.90 Å². The van der Waals surface area contributed by atoms with E-state index in [2.05, 4.69) is 36.1 Å². The standard InChI is InChI=1S/C18H27NO/c1-15-6-8-16(9-7-15)13-19-12-4-11-18(14-19)10-3-5-17(18)20-2/h6-9,17H,3-5,10-14H2,1-2H3/t17-,18+/m1/s1. The first kappa shape index (κ1) is 14.1. The van der Waals surface area contributed by atoms with Crippen molar-refractivity contribution in [1.29, 1.82) is 0 Å². The summed E-state index contributed by atoms with van der Waals surface area (Å²) in [5.74, 6) is 0. The molecule has 3 rings (SSSR count). The van der Waals surface area contributed by atoms with Crippen LogP contribution >= 0.6 is 0 Å². The van der Waals surface area contributed by atoms with Crippen molar-refractivity contribution in [2.45, 2.75) is 51.7 Å². The number of methoxy groups -OCH3 is 1. The molecule has 1 saturated carbocycles. The zero-order chi connectivity index (χ0) is 14.0. The van der Waals surface area contributed by atoms with E-state index in [9.17, 15) is 0 Å². The summed E-state index contributed by atoms with van der Waals surface area (Å²) >= 11 is 0. The van der Waals surface area contributed by atoms with Gasteiger partial charge in [-0.2, -0.15) is 0 Å². The lowest BCUT2D eigenvalue weighted by Crippen LogP contribution is -2.47. The Bertz CT molecular complexity index is 441. The molecule has 0 bridgehead atoms. The zero-order valence-corrected chi connectivity index (χ0v) is 12.9. The lowest BCUT2D eigenvalue weighted by molar-refractivity contribution is -0.0366. The van der Waals surface area contributed by atoms with Crippen LogP contribution in [0.4, 0.5) is 0 Å². The van der Waals surface area contributed by atoms with E-state index >= 15 is 0 Å². The van der Waals surface area contributed by atoms with Crippen molar-refractivity contribution in [3.8, 4) is 0 Å². The van der Waals surface area contributed by atoms with Crippen molar-refractivity contribution in [2.24, 2.45) is 5.41 Å². The summed E-state index contributed by atoms with van der Waals surface area (Å²) in [6.07, 6.45) is 7.13. The summed E-state index contributed by atoms with van der Waals surface area (Å²) in [6.45, 7) is 5.71. The van der Waals surface area contributed by atoms with Crippen molar-refractivity contribution >= 4 is 0 Å². The van der Waals surface area contributed by atoms with Gasteiger partial charge in [-0.05, 0) is 44.7 Å². The highest BCUT2D eigenvalue weighted by Gasteiger charge is 2.45. The molecule has 20 heavy (non-hydrogen) atoms. The van der Waals surface area contributed by atoms with Crippen molar-refractivity contribution in [3.63, 3.8) is 0 Å². The Balaban J connectivity index is 1.67. The number of likely N-dealkylation sites (tertiary alicyclic amines) is 1. The smallest absolute Gasteiger partial charge is 0.0639 e. The molecule has 0 radical (unpaired) electrons. The molecule has 1 aliphatic heterocycles. The number of aryl methyl sites for hydroxylation is 1. The Morgan fingerprint density at radius 2 is 1.95 bits per heavy atom. The lowest BCUT2D eigenvalue weighted by atomic mass is 9.76. The predicted molar refractivity (Wildman–Crippen MR) is 82.8 cm³/mol. The molecule has 1 heterocycles. The van der Waals surface area contributed by atoms with Crippen LogP contribution in [-0.4, -0.2) is 31.2 Å². The van der Waals surface area contributed by atoms with Gasteiger partial charge in [0.2, 0.25) is 0 Å². The molecule has 2 nitrogen and oxygen atoms in total. The monoisotopic (exact) mass is 273 g/mol. The number of nitrogens with zero attached hydrogens (tertiary/aromatic N) is 1. The molecule has 2 heteroatoms. The Kier molecular flexibility index (Phi) is 4.13. The topological polar surface area (TPSA) is 12.5 Å². The average Bonchev–Trinajstić information content (AvgIpc) is 2.83. The van der Waals surface area contributed by atoms with E-state index in [0.717, 1.165) is 6.54 Å². The zero-order valence-electron chi connectivity index (χ0n) is 12.9. The van der Waals surface area contributed by atoms with E-state index in [1.54, 1.807) is 0 Å². The van der Waals surface area contributed by atoms with Crippen molar-refractivity contribution in [3.05, 3.63) is 35.4 Å². The normalized spacial score (nSPS) is 31.0. The molecule has 1 aromatic rings. The van der Waals surface area contributed by atoms with Gasteiger partial charge in [0.25, 0.3) is 0 Å². The van der Waals surface area contributed by atoms with E-state index in [4.69, 9.17) is 4.74 Å². The van der Waals surface area contributed by atoms with E-state index in [-0.39, 0.29) is 0 Å². The molecule has 2 atom stereocenters. The van der Waals surface area contributed by atoms with Gasteiger partial charge in [-0.3, -0.25) is 4.90 Å². The minimum Gasteiger partial charge on any atom is -0.381 e. The van der Waals surface area contributed by atoms with E-state index in [1.807, 2.05) is 7.11 Å². The summed E-state index contributed by atoms with van der Waals surface area (Å²) in [6, 6.07) is 9.00. The maximum absolute atomic E-state index is 5.79. The summed E-state index contributed by atoms with van der Waals surface area (Å²) in [5.41, 5.74) is 3.23. The third-order valence-corrected chi connectivity index (χ3v) is 5.32.